The molecule has 0 unspecified atom stereocenters. The maximum absolute atomic E-state index is 12.5. The van der Waals surface area contributed by atoms with Gasteiger partial charge < -0.3 is 10.2 Å². The van der Waals surface area contributed by atoms with Crippen molar-refractivity contribution >= 4 is 11.8 Å². The van der Waals surface area contributed by atoms with Crippen molar-refractivity contribution in [1.29, 1.82) is 0 Å². The molecule has 118 valence electrons. The molecule has 3 aliphatic rings. The lowest BCUT2D eigenvalue weighted by Crippen LogP contribution is -2.48. The van der Waals surface area contributed by atoms with E-state index in [1.165, 1.54) is 12.8 Å². The minimum atomic E-state index is -0.150. The first-order chi connectivity index (χ1) is 9.79. The summed E-state index contributed by atoms with van der Waals surface area (Å²) in [6.07, 6.45) is 3.99. The lowest BCUT2D eigenvalue weighted by atomic mass is 9.69. The first kappa shape index (κ1) is 14.9. The summed E-state index contributed by atoms with van der Waals surface area (Å²) in [5.41, 5.74) is 0.520. The quantitative estimate of drug-likeness (QED) is 0.867. The van der Waals surface area contributed by atoms with Gasteiger partial charge in [0.2, 0.25) is 11.8 Å². The van der Waals surface area contributed by atoms with Gasteiger partial charge in [-0.25, -0.2) is 0 Å². The van der Waals surface area contributed by atoms with Crippen LogP contribution in [0, 0.1) is 22.7 Å². The van der Waals surface area contributed by atoms with Gasteiger partial charge >= 0.3 is 0 Å². The van der Waals surface area contributed by atoms with Crippen LogP contribution >= 0.6 is 0 Å². The molecule has 3 fully saturated rings. The van der Waals surface area contributed by atoms with Gasteiger partial charge in [0.1, 0.15) is 0 Å². The molecule has 2 amide bonds. The molecule has 0 spiro atoms. The minimum Gasteiger partial charge on any atom is -0.352 e. The number of nitrogens with zero attached hydrogens (tertiary/aromatic N) is 1. The Morgan fingerprint density at radius 2 is 2.10 bits per heavy atom. The van der Waals surface area contributed by atoms with Gasteiger partial charge in [-0.2, -0.15) is 0 Å². The average Bonchev–Trinajstić information content (AvgIpc) is 2.96. The van der Waals surface area contributed by atoms with Crippen molar-refractivity contribution in [3.8, 4) is 0 Å². The van der Waals surface area contributed by atoms with Gasteiger partial charge in [-0.3, -0.25) is 9.59 Å². The van der Waals surface area contributed by atoms with Crippen molar-refractivity contribution in [3.05, 3.63) is 0 Å². The van der Waals surface area contributed by atoms with Gasteiger partial charge in [0.15, 0.2) is 0 Å². The number of likely N-dealkylation sites (tertiary alicyclic amines) is 1. The average molecular weight is 292 g/mol. The SMILES string of the molecule is CCN1C[C@H](C(=O)N[C@@H]2C[C@H]3CC[C@@]2(C)C3(C)C)CC1=O. The second-order valence-corrected chi connectivity index (χ2v) is 8.01. The van der Waals surface area contributed by atoms with E-state index in [0.717, 1.165) is 12.3 Å². The van der Waals surface area contributed by atoms with E-state index >= 15 is 0 Å². The summed E-state index contributed by atoms with van der Waals surface area (Å²) in [6.45, 7) is 10.3. The van der Waals surface area contributed by atoms with Crippen LogP contribution in [0.2, 0.25) is 0 Å². The first-order valence-corrected chi connectivity index (χ1v) is 8.37. The number of hydrogen-bond acceptors (Lipinski definition) is 2. The Balaban J connectivity index is 1.66. The Bertz CT molecular complexity index is 473. The summed E-state index contributed by atoms with van der Waals surface area (Å²) in [5, 5.41) is 3.30. The zero-order valence-electron chi connectivity index (χ0n) is 13.7. The molecule has 1 heterocycles. The largest absolute Gasteiger partial charge is 0.352 e. The van der Waals surface area contributed by atoms with Gasteiger partial charge in [0.05, 0.1) is 5.92 Å². The van der Waals surface area contributed by atoms with E-state index < -0.39 is 0 Å². The maximum Gasteiger partial charge on any atom is 0.225 e. The fourth-order valence-corrected chi connectivity index (χ4v) is 4.96. The number of nitrogens with one attached hydrogen (secondary N) is 1. The molecule has 2 saturated carbocycles. The molecule has 4 heteroatoms. The second kappa shape index (κ2) is 4.72. The van der Waals surface area contributed by atoms with Crippen LogP contribution in [0.25, 0.3) is 0 Å². The normalized spacial score (nSPS) is 40.9. The standard InChI is InChI=1S/C17H28N2O2/c1-5-19-10-11(8-14(19)20)15(21)18-13-9-12-6-7-17(13,4)16(12,2)3/h11-13H,5-10H2,1-4H3,(H,18,21)/t11-,12-,13-,17-/m1/s1. The molecule has 1 N–H and O–H groups in total. The van der Waals surface area contributed by atoms with Crippen molar-refractivity contribution in [3.63, 3.8) is 0 Å². The molecule has 1 aliphatic heterocycles. The topological polar surface area (TPSA) is 49.4 Å². The molecular formula is C17H28N2O2. The third-order valence-corrected chi connectivity index (χ3v) is 7.08. The van der Waals surface area contributed by atoms with Crippen LogP contribution in [0.5, 0.6) is 0 Å². The zero-order chi connectivity index (χ0) is 15.4. The number of carbonyl (C=O) groups is 2. The third kappa shape index (κ3) is 2.01. The van der Waals surface area contributed by atoms with Crippen LogP contribution in [-0.4, -0.2) is 35.8 Å². The lowest BCUT2D eigenvalue weighted by molar-refractivity contribution is -0.129. The van der Waals surface area contributed by atoms with Crippen LogP contribution < -0.4 is 5.32 Å². The van der Waals surface area contributed by atoms with Crippen molar-refractivity contribution in [2.75, 3.05) is 13.1 Å². The van der Waals surface area contributed by atoms with Gasteiger partial charge in [-0.15, -0.1) is 0 Å². The van der Waals surface area contributed by atoms with Crippen LogP contribution in [0.1, 0.15) is 53.4 Å². The molecule has 4 atom stereocenters. The van der Waals surface area contributed by atoms with Crippen LogP contribution in [0.3, 0.4) is 0 Å². The van der Waals surface area contributed by atoms with Crippen molar-refractivity contribution < 1.29 is 9.59 Å². The van der Waals surface area contributed by atoms with Crippen LogP contribution in [-0.2, 0) is 9.59 Å². The summed E-state index contributed by atoms with van der Waals surface area (Å²) in [4.78, 5) is 26.1. The fraction of sp³-hybridized carbons (Fsp3) is 0.882. The molecule has 21 heavy (non-hydrogen) atoms. The number of amides is 2. The number of fused-ring (bicyclic) bond motifs is 2. The highest BCUT2D eigenvalue weighted by atomic mass is 16.2. The molecule has 0 aromatic carbocycles. The Hall–Kier alpha value is -1.06. The summed E-state index contributed by atoms with van der Waals surface area (Å²) in [7, 11) is 0. The van der Waals surface area contributed by atoms with Gasteiger partial charge in [0, 0.05) is 25.6 Å². The van der Waals surface area contributed by atoms with E-state index in [0.29, 0.717) is 24.9 Å². The molecule has 3 rings (SSSR count). The highest BCUT2D eigenvalue weighted by molar-refractivity contribution is 5.89. The monoisotopic (exact) mass is 292 g/mol. The van der Waals surface area contributed by atoms with Gasteiger partial charge in [-0.1, -0.05) is 20.8 Å². The Morgan fingerprint density at radius 3 is 2.57 bits per heavy atom. The first-order valence-electron chi connectivity index (χ1n) is 8.37. The Labute approximate surface area is 127 Å². The number of hydrogen-bond donors (Lipinski definition) is 1. The minimum absolute atomic E-state index is 0.0916. The lowest BCUT2D eigenvalue weighted by Gasteiger charge is -2.39. The maximum atomic E-state index is 12.5. The van der Waals surface area contributed by atoms with Crippen LogP contribution in [0.15, 0.2) is 0 Å². The molecule has 1 saturated heterocycles. The molecule has 2 bridgehead atoms. The molecule has 4 nitrogen and oxygen atoms in total. The van der Waals surface area contributed by atoms with E-state index in [1.54, 1.807) is 4.90 Å². The summed E-state index contributed by atoms with van der Waals surface area (Å²) in [6, 6.07) is 0.282. The van der Waals surface area contributed by atoms with Crippen molar-refractivity contribution in [1.82, 2.24) is 10.2 Å². The van der Waals surface area contributed by atoms with Crippen LogP contribution in [0.4, 0.5) is 0 Å². The highest BCUT2D eigenvalue weighted by Crippen LogP contribution is 2.65. The summed E-state index contributed by atoms with van der Waals surface area (Å²) < 4.78 is 0. The molecule has 0 radical (unpaired) electrons. The van der Waals surface area contributed by atoms with E-state index in [1.807, 2.05) is 6.92 Å². The smallest absolute Gasteiger partial charge is 0.225 e. The van der Waals surface area contributed by atoms with Gasteiger partial charge in [0.25, 0.3) is 0 Å². The summed E-state index contributed by atoms with van der Waals surface area (Å²) in [5.74, 6) is 0.791. The van der Waals surface area contributed by atoms with Gasteiger partial charge in [-0.05, 0) is 42.9 Å². The van der Waals surface area contributed by atoms with E-state index in [9.17, 15) is 9.59 Å². The zero-order valence-corrected chi connectivity index (χ0v) is 13.7. The van der Waals surface area contributed by atoms with E-state index in [4.69, 9.17) is 0 Å². The summed E-state index contributed by atoms with van der Waals surface area (Å²) >= 11 is 0. The molecule has 0 aromatic rings. The third-order valence-electron chi connectivity index (χ3n) is 7.08. The Morgan fingerprint density at radius 1 is 1.38 bits per heavy atom. The second-order valence-electron chi connectivity index (χ2n) is 8.01. The number of rotatable bonds is 3. The fourth-order valence-electron chi connectivity index (χ4n) is 4.96. The number of carbonyl (C=O) groups excluding carboxylic acids is 2. The van der Waals surface area contributed by atoms with E-state index in [2.05, 4.69) is 26.1 Å². The van der Waals surface area contributed by atoms with E-state index in [-0.39, 0.29) is 29.2 Å². The molecule has 0 aromatic heterocycles. The van der Waals surface area contributed by atoms with Crippen molar-refractivity contribution in [2.45, 2.75) is 59.4 Å². The Kier molecular flexibility index (Phi) is 3.34. The highest BCUT2D eigenvalue weighted by Gasteiger charge is 2.61. The molecular weight excluding hydrogens is 264 g/mol. The molecule has 2 aliphatic carbocycles. The predicted octanol–water partition coefficient (Wildman–Crippen LogP) is 2.19. The predicted molar refractivity (Wildman–Crippen MR) is 81.5 cm³/mol. The van der Waals surface area contributed by atoms with Crippen molar-refractivity contribution in [2.24, 2.45) is 22.7 Å².